The molecule has 0 radical (unpaired) electrons. The quantitative estimate of drug-likeness (QED) is 0.412. The summed E-state index contributed by atoms with van der Waals surface area (Å²) in [6.07, 6.45) is 1.22. The smallest absolute Gasteiger partial charge is 0.198 e. The number of Topliss-reactive ketones (excluding diaryl/α,β-unsaturated/α-hetero) is 1. The fourth-order valence-corrected chi connectivity index (χ4v) is 3.03. The van der Waals surface area contributed by atoms with Gasteiger partial charge in [-0.15, -0.1) is 0 Å². The van der Waals surface area contributed by atoms with E-state index in [2.05, 4.69) is 5.32 Å². The van der Waals surface area contributed by atoms with Crippen LogP contribution in [-0.4, -0.2) is 22.5 Å². The number of ketones is 3. The SMILES string of the molecule is CC(C)(C)C(=O)/C(C#N)=C/Nc1ccc(O)c2c1C(=O)c1ccccc1C2=O. The minimum Gasteiger partial charge on any atom is -0.507 e. The van der Waals surface area contributed by atoms with Gasteiger partial charge < -0.3 is 10.4 Å². The second kappa shape index (κ2) is 6.78. The van der Waals surface area contributed by atoms with Crippen LogP contribution < -0.4 is 5.32 Å². The van der Waals surface area contributed by atoms with Gasteiger partial charge in [0.05, 0.1) is 16.8 Å². The average Bonchev–Trinajstić information content (AvgIpc) is 2.66. The number of nitrogens with zero attached hydrogens (tertiary/aromatic N) is 1. The Morgan fingerprint density at radius 3 is 2.14 bits per heavy atom. The molecule has 0 atom stereocenters. The van der Waals surface area contributed by atoms with Crippen LogP contribution in [0.15, 0.2) is 48.2 Å². The lowest BCUT2D eigenvalue weighted by Gasteiger charge is -2.21. The second-order valence-electron chi connectivity index (χ2n) is 7.48. The first kappa shape index (κ1) is 19.1. The monoisotopic (exact) mass is 374 g/mol. The number of nitriles is 1. The van der Waals surface area contributed by atoms with E-state index < -0.39 is 17.0 Å². The summed E-state index contributed by atoms with van der Waals surface area (Å²) in [6, 6.07) is 11.0. The van der Waals surface area contributed by atoms with Gasteiger partial charge in [-0.2, -0.15) is 5.26 Å². The van der Waals surface area contributed by atoms with Crippen molar-refractivity contribution in [1.82, 2.24) is 0 Å². The molecule has 0 aromatic heterocycles. The highest BCUT2D eigenvalue weighted by molar-refractivity contribution is 6.31. The van der Waals surface area contributed by atoms with Crippen molar-refractivity contribution in [2.45, 2.75) is 20.8 Å². The molecular weight excluding hydrogens is 356 g/mol. The zero-order chi connectivity index (χ0) is 20.6. The van der Waals surface area contributed by atoms with Crippen molar-refractivity contribution in [3.05, 3.63) is 70.4 Å². The molecule has 6 nitrogen and oxygen atoms in total. The minimum atomic E-state index is -0.748. The summed E-state index contributed by atoms with van der Waals surface area (Å²) < 4.78 is 0. The molecule has 2 N–H and O–H groups in total. The van der Waals surface area contributed by atoms with Crippen LogP contribution >= 0.6 is 0 Å². The highest BCUT2D eigenvalue weighted by atomic mass is 16.3. The normalized spacial score (nSPS) is 13.4. The molecule has 0 heterocycles. The van der Waals surface area contributed by atoms with Crippen molar-refractivity contribution in [2.75, 3.05) is 5.32 Å². The van der Waals surface area contributed by atoms with Gasteiger partial charge in [-0.05, 0) is 12.1 Å². The Bertz CT molecular complexity index is 1100. The van der Waals surface area contributed by atoms with Gasteiger partial charge in [0.2, 0.25) is 0 Å². The summed E-state index contributed by atoms with van der Waals surface area (Å²) in [5.74, 6) is -1.54. The van der Waals surface area contributed by atoms with E-state index in [1.807, 2.05) is 6.07 Å². The van der Waals surface area contributed by atoms with Crippen LogP contribution in [-0.2, 0) is 4.79 Å². The van der Waals surface area contributed by atoms with E-state index in [1.165, 1.54) is 24.4 Å². The number of carbonyl (C=O) groups excluding carboxylic acids is 3. The van der Waals surface area contributed by atoms with Crippen molar-refractivity contribution in [2.24, 2.45) is 5.41 Å². The third-order valence-electron chi connectivity index (χ3n) is 4.47. The van der Waals surface area contributed by atoms with Gasteiger partial charge in [-0.25, -0.2) is 0 Å². The third kappa shape index (κ3) is 3.08. The van der Waals surface area contributed by atoms with Gasteiger partial charge in [0.15, 0.2) is 17.3 Å². The Balaban J connectivity index is 2.10. The molecule has 0 spiro atoms. The van der Waals surface area contributed by atoms with Crippen molar-refractivity contribution in [1.29, 1.82) is 5.26 Å². The minimum absolute atomic E-state index is 0.0143. The van der Waals surface area contributed by atoms with Gasteiger partial charge in [-0.3, -0.25) is 14.4 Å². The molecule has 0 aliphatic heterocycles. The summed E-state index contributed by atoms with van der Waals surface area (Å²) in [5, 5.41) is 22.3. The lowest BCUT2D eigenvalue weighted by atomic mass is 9.82. The van der Waals surface area contributed by atoms with E-state index in [0.29, 0.717) is 0 Å². The van der Waals surface area contributed by atoms with Gasteiger partial charge in [-0.1, -0.05) is 45.0 Å². The number of hydrogen-bond donors (Lipinski definition) is 2. The molecule has 0 unspecified atom stereocenters. The molecule has 140 valence electrons. The molecule has 2 aromatic carbocycles. The van der Waals surface area contributed by atoms with E-state index in [0.717, 1.165) is 0 Å². The van der Waals surface area contributed by atoms with Gasteiger partial charge in [0.1, 0.15) is 17.4 Å². The fourth-order valence-electron chi connectivity index (χ4n) is 3.03. The Morgan fingerprint density at radius 2 is 1.61 bits per heavy atom. The number of carbonyl (C=O) groups is 3. The van der Waals surface area contributed by atoms with Crippen molar-refractivity contribution < 1.29 is 19.5 Å². The Labute approximate surface area is 162 Å². The molecule has 0 saturated heterocycles. The zero-order valence-electron chi connectivity index (χ0n) is 15.7. The standard InChI is InChI=1S/C22H18N2O4/c1-22(2,3)21(28)12(10-23)11-24-15-8-9-16(25)18-17(15)19(26)13-6-4-5-7-14(13)20(18)27/h4-9,11,24-25H,1-3H3/b12-11+. The van der Waals surface area contributed by atoms with Crippen LogP contribution in [0.5, 0.6) is 5.75 Å². The molecule has 6 heteroatoms. The number of phenols is 1. The topological polar surface area (TPSA) is 107 Å². The van der Waals surface area contributed by atoms with E-state index in [1.54, 1.807) is 39.0 Å². The van der Waals surface area contributed by atoms with Gasteiger partial charge in [0, 0.05) is 22.7 Å². The first-order valence-electron chi connectivity index (χ1n) is 8.62. The van der Waals surface area contributed by atoms with Crippen molar-refractivity contribution in [3.63, 3.8) is 0 Å². The fraction of sp³-hybridized carbons (Fsp3) is 0.182. The molecule has 3 rings (SSSR count). The summed E-state index contributed by atoms with van der Waals surface area (Å²) in [7, 11) is 0. The number of benzene rings is 2. The van der Waals surface area contributed by atoms with Crippen LogP contribution in [0.3, 0.4) is 0 Å². The van der Waals surface area contributed by atoms with Crippen molar-refractivity contribution in [3.8, 4) is 11.8 Å². The van der Waals surface area contributed by atoms with Crippen LogP contribution in [0.4, 0.5) is 5.69 Å². The maximum atomic E-state index is 13.0. The molecule has 28 heavy (non-hydrogen) atoms. The lowest BCUT2D eigenvalue weighted by molar-refractivity contribution is -0.122. The predicted octanol–water partition coefficient (Wildman–Crippen LogP) is 3.60. The third-order valence-corrected chi connectivity index (χ3v) is 4.47. The molecule has 2 aromatic rings. The zero-order valence-corrected chi connectivity index (χ0v) is 15.7. The summed E-state index contributed by atoms with van der Waals surface area (Å²) in [5.41, 5.74) is -0.238. The molecule has 0 saturated carbocycles. The van der Waals surface area contributed by atoms with Crippen LogP contribution in [0.25, 0.3) is 0 Å². The first-order chi connectivity index (χ1) is 13.2. The van der Waals surface area contributed by atoms with E-state index in [9.17, 15) is 24.8 Å². The second-order valence-corrected chi connectivity index (χ2v) is 7.48. The van der Waals surface area contributed by atoms with Gasteiger partial charge >= 0.3 is 0 Å². The predicted molar refractivity (Wildman–Crippen MR) is 103 cm³/mol. The van der Waals surface area contributed by atoms with Crippen LogP contribution in [0.1, 0.15) is 52.6 Å². The number of hydrogen-bond acceptors (Lipinski definition) is 6. The Kier molecular flexibility index (Phi) is 4.61. The number of rotatable bonds is 3. The number of nitrogens with one attached hydrogen (secondary N) is 1. The summed E-state index contributed by atoms with van der Waals surface area (Å²) >= 11 is 0. The average molecular weight is 374 g/mol. The molecule has 1 aliphatic carbocycles. The Morgan fingerprint density at radius 1 is 1.04 bits per heavy atom. The lowest BCUT2D eigenvalue weighted by Crippen LogP contribution is -2.23. The number of aromatic hydroxyl groups is 1. The maximum Gasteiger partial charge on any atom is 0.198 e. The summed E-state index contributed by atoms with van der Waals surface area (Å²) in [4.78, 5) is 38.1. The van der Waals surface area contributed by atoms with Crippen LogP contribution in [0, 0.1) is 16.7 Å². The molecular formula is C22H18N2O4. The van der Waals surface area contributed by atoms with Gasteiger partial charge in [0.25, 0.3) is 0 Å². The Hall–Kier alpha value is -3.72. The number of allylic oxidation sites excluding steroid dienone is 1. The van der Waals surface area contributed by atoms with Crippen LogP contribution in [0.2, 0.25) is 0 Å². The molecule has 0 fully saturated rings. The maximum absolute atomic E-state index is 13.0. The van der Waals surface area contributed by atoms with E-state index in [-0.39, 0.29) is 45.0 Å². The highest BCUT2D eigenvalue weighted by Gasteiger charge is 2.34. The highest BCUT2D eigenvalue weighted by Crippen LogP contribution is 2.37. The van der Waals surface area contributed by atoms with E-state index >= 15 is 0 Å². The number of anilines is 1. The summed E-state index contributed by atoms with van der Waals surface area (Å²) in [6.45, 7) is 5.09. The molecule has 0 amide bonds. The molecule has 1 aliphatic rings. The van der Waals surface area contributed by atoms with Crippen molar-refractivity contribution >= 4 is 23.0 Å². The number of phenolic OH excluding ortho intramolecular Hbond substituents is 1. The molecule has 0 bridgehead atoms. The first-order valence-corrected chi connectivity index (χ1v) is 8.62. The van der Waals surface area contributed by atoms with E-state index in [4.69, 9.17) is 0 Å². The number of fused-ring (bicyclic) bond motifs is 2. The largest absolute Gasteiger partial charge is 0.507 e.